The summed E-state index contributed by atoms with van der Waals surface area (Å²) in [6.07, 6.45) is 32.3. The first-order chi connectivity index (χ1) is 22.6. The van der Waals surface area contributed by atoms with Gasteiger partial charge in [-0.05, 0) is 32.1 Å². The Bertz CT molecular complexity index is 772. The van der Waals surface area contributed by atoms with Crippen molar-refractivity contribution in [3.8, 4) is 0 Å². The first-order valence-electron chi connectivity index (χ1n) is 19.4. The van der Waals surface area contributed by atoms with Crippen molar-refractivity contribution in [3.05, 3.63) is 12.2 Å². The van der Waals surface area contributed by atoms with E-state index in [2.05, 4.69) is 26.0 Å². The van der Waals surface area contributed by atoms with Gasteiger partial charge < -0.3 is 18.9 Å². The molecule has 0 aliphatic carbocycles. The smallest absolute Gasteiger partial charge is 0.457 e. The van der Waals surface area contributed by atoms with Gasteiger partial charge in [0.05, 0.1) is 34.4 Å². The summed E-state index contributed by atoms with van der Waals surface area (Å²) in [6.45, 7) is 5.59. The maximum Gasteiger partial charge on any atom is 0.472 e. The Morgan fingerprint density at radius 3 is 1.68 bits per heavy atom. The van der Waals surface area contributed by atoms with Gasteiger partial charge in [-0.1, -0.05) is 142 Å². The number of phosphoric acid groups is 1. The SMILES string of the molecule is CCCC/C=C\CCCCCCCC(=O)O[C@H](COCCCCCCCCCCCCCCCC)COP(=O)(O)OCC[N+](C)(C)C. The van der Waals surface area contributed by atoms with E-state index in [0.29, 0.717) is 24.1 Å². The molecule has 0 aromatic carbocycles. The molecule has 1 unspecified atom stereocenters. The maximum atomic E-state index is 12.6. The highest BCUT2D eigenvalue weighted by Crippen LogP contribution is 2.43. The van der Waals surface area contributed by atoms with Crippen LogP contribution in [0.25, 0.3) is 0 Å². The van der Waals surface area contributed by atoms with Crippen molar-refractivity contribution in [1.82, 2.24) is 0 Å². The van der Waals surface area contributed by atoms with E-state index in [-0.39, 0.29) is 25.8 Å². The molecule has 0 rings (SSSR count). The summed E-state index contributed by atoms with van der Waals surface area (Å²) in [5.41, 5.74) is 0. The van der Waals surface area contributed by atoms with Crippen LogP contribution in [0, 0.1) is 0 Å². The number of carbonyl (C=O) groups excluding carboxylic acids is 1. The monoisotopic (exact) mass is 691 g/mol. The second-order valence-electron chi connectivity index (χ2n) is 14.3. The molecule has 0 aromatic rings. The van der Waals surface area contributed by atoms with E-state index in [1.807, 2.05) is 21.1 Å². The standard InChI is InChI=1S/C38H76NO7P/c1-6-8-10-12-14-16-18-19-20-22-24-26-28-30-33-43-35-37(36-45-47(41,42)44-34-32-39(3,4)5)46-38(40)31-29-27-25-23-21-17-15-13-11-9-7-2/h13,15,37H,6-12,14,16-36H2,1-5H3/p+1/b15-13-/t37-/m1/s1. The van der Waals surface area contributed by atoms with Gasteiger partial charge in [0.1, 0.15) is 19.3 Å². The minimum atomic E-state index is -4.26. The summed E-state index contributed by atoms with van der Waals surface area (Å²) in [5.74, 6) is -0.323. The highest BCUT2D eigenvalue weighted by atomic mass is 31.2. The molecule has 0 fully saturated rings. The van der Waals surface area contributed by atoms with Gasteiger partial charge in [-0.15, -0.1) is 0 Å². The Balaban J connectivity index is 4.27. The van der Waals surface area contributed by atoms with E-state index in [1.54, 1.807) is 0 Å². The van der Waals surface area contributed by atoms with E-state index in [9.17, 15) is 14.3 Å². The van der Waals surface area contributed by atoms with Gasteiger partial charge >= 0.3 is 13.8 Å². The van der Waals surface area contributed by atoms with E-state index in [0.717, 1.165) is 44.9 Å². The lowest BCUT2D eigenvalue weighted by Gasteiger charge is -2.24. The zero-order valence-electron chi connectivity index (χ0n) is 31.5. The minimum Gasteiger partial charge on any atom is -0.457 e. The average molecular weight is 691 g/mol. The van der Waals surface area contributed by atoms with Crippen molar-refractivity contribution < 1.29 is 37.3 Å². The van der Waals surface area contributed by atoms with Gasteiger partial charge in [0, 0.05) is 13.0 Å². The van der Waals surface area contributed by atoms with Gasteiger partial charge in [0.2, 0.25) is 0 Å². The molecule has 0 heterocycles. The van der Waals surface area contributed by atoms with Crippen molar-refractivity contribution in [2.45, 2.75) is 174 Å². The number of hydrogen-bond acceptors (Lipinski definition) is 6. The minimum absolute atomic E-state index is 0.0898. The van der Waals surface area contributed by atoms with Crippen LogP contribution in [0.15, 0.2) is 12.2 Å². The Morgan fingerprint density at radius 1 is 0.638 bits per heavy atom. The second kappa shape index (κ2) is 32.4. The molecule has 8 nitrogen and oxygen atoms in total. The Labute approximate surface area is 290 Å². The Morgan fingerprint density at radius 2 is 1.13 bits per heavy atom. The third-order valence-corrected chi connectivity index (χ3v) is 9.31. The lowest BCUT2D eigenvalue weighted by Crippen LogP contribution is -2.37. The van der Waals surface area contributed by atoms with E-state index < -0.39 is 13.9 Å². The number of allylic oxidation sites excluding steroid dienone is 2. The molecule has 0 radical (unpaired) electrons. The number of carbonyl (C=O) groups is 1. The van der Waals surface area contributed by atoms with Crippen LogP contribution < -0.4 is 0 Å². The molecule has 2 atom stereocenters. The molecule has 0 saturated heterocycles. The number of quaternary nitrogens is 1. The quantitative estimate of drug-likeness (QED) is 0.0230. The number of esters is 1. The fourth-order valence-corrected chi connectivity index (χ4v) is 5.98. The fourth-order valence-electron chi connectivity index (χ4n) is 5.24. The highest BCUT2D eigenvalue weighted by molar-refractivity contribution is 7.47. The van der Waals surface area contributed by atoms with E-state index >= 15 is 0 Å². The van der Waals surface area contributed by atoms with Crippen LogP contribution in [0.1, 0.15) is 168 Å². The average Bonchev–Trinajstić information content (AvgIpc) is 3.01. The first kappa shape index (κ1) is 46.2. The van der Waals surface area contributed by atoms with Crippen molar-refractivity contribution in [2.24, 2.45) is 0 Å². The van der Waals surface area contributed by atoms with Crippen molar-refractivity contribution in [1.29, 1.82) is 0 Å². The molecule has 47 heavy (non-hydrogen) atoms. The molecular weight excluding hydrogens is 613 g/mol. The predicted molar refractivity (Wildman–Crippen MR) is 197 cm³/mol. The van der Waals surface area contributed by atoms with Gasteiger partial charge in [-0.3, -0.25) is 13.8 Å². The van der Waals surface area contributed by atoms with Crippen LogP contribution in [0.3, 0.4) is 0 Å². The lowest BCUT2D eigenvalue weighted by molar-refractivity contribution is -0.870. The van der Waals surface area contributed by atoms with Gasteiger partial charge in [0.15, 0.2) is 0 Å². The number of phosphoric ester groups is 1. The molecule has 0 aromatic heterocycles. The lowest BCUT2D eigenvalue weighted by atomic mass is 10.0. The summed E-state index contributed by atoms with van der Waals surface area (Å²) in [4.78, 5) is 22.7. The molecule has 0 aliphatic rings. The number of hydrogen-bond donors (Lipinski definition) is 1. The van der Waals surface area contributed by atoms with Gasteiger partial charge in [-0.2, -0.15) is 0 Å². The predicted octanol–water partition coefficient (Wildman–Crippen LogP) is 10.7. The second-order valence-corrected chi connectivity index (χ2v) is 15.8. The van der Waals surface area contributed by atoms with Gasteiger partial charge in [0.25, 0.3) is 0 Å². The first-order valence-corrected chi connectivity index (χ1v) is 20.9. The Hall–Kier alpha value is -0.760. The number of nitrogens with zero attached hydrogens (tertiary/aromatic N) is 1. The molecule has 0 amide bonds. The third kappa shape index (κ3) is 36.3. The summed E-state index contributed by atoms with van der Waals surface area (Å²) < 4.78 is 34.8. The normalized spacial score (nSPS) is 14.1. The van der Waals surface area contributed by atoms with Crippen LogP contribution in [0.2, 0.25) is 0 Å². The van der Waals surface area contributed by atoms with Crippen LogP contribution in [-0.2, 0) is 27.9 Å². The molecule has 9 heteroatoms. The van der Waals surface area contributed by atoms with Crippen molar-refractivity contribution in [3.63, 3.8) is 0 Å². The zero-order valence-corrected chi connectivity index (χ0v) is 32.4. The Kier molecular flexibility index (Phi) is 31.9. The summed E-state index contributed by atoms with van der Waals surface area (Å²) in [5, 5.41) is 0. The van der Waals surface area contributed by atoms with Crippen LogP contribution in [0.4, 0.5) is 0 Å². The van der Waals surface area contributed by atoms with Crippen molar-refractivity contribution >= 4 is 13.8 Å². The summed E-state index contributed by atoms with van der Waals surface area (Å²) in [6, 6.07) is 0. The van der Waals surface area contributed by atoms with E-state index in [1.165, 1.54) is 103 Å². The molecular formula is C38H77NO7P+. The van der Waals surface area contributed by atoms with Crippen molar-refractivity contribution in [2.75, 3.05) is 54.1 Å². The highest BCUT2D eigenvalue weighted by Gasteiger charge is 2.26. The van der Waals surface area contributed by atoms with Crippen LogP contribution >= 0.6 is 7.82 Å². The fraction of sp³-hybridized carbons (Fsp3) is 0.921. The number of ether oxygens (including phenoxy) is 2. The largest absolute Gasteiger partial charge is 0.472 e. The third-order valence-electron chi connectivity index (χ3n) is 8.33. The molecule has 0 bridgehead atoms. The molecule has 280 valence electrons. The summed E-state index contributed by atoms with van der Waals surface area (Å²) >= 11 is 0. The number of unbranched alkanes of at least 4 members (excludes halogenated alkanes) is 20. The van der Waals surface area contributed by atoms with Gasteiger partial charge in [-0.25, -0.2) is 4.57 Å². The molecule has 1 N–H and O–H groups in total. The zero-order chi connectivity index (χ0) is 34.9. The summed E-state index contributed by atoms with van der Waals surface area (Å²) in [7, 11) is 1.67. The van der Waals surface area contributed by atoms with E-state index in [4.69, 9.17) is 18.5 Å². The molecule has 0 saturated carbocycles. The maximum absolute atomic E-state index is 12.6. The molecule has 0 aliphatic heterocycles. The number of likely N-dealkylation sites (N-methyl/N-ethyl adjacent to an activating group) is 1. The topological polar surface area (TPSA) is 91.3 Å². The number of rotatable bonds is 36. The van der Waals surface area contributed by atoms with Crippen LogP contribution in [-0.4, -0.2) is 75.6 Å². The molecule has 0 spiro atoms. The van der Waals surface area contributed by atoms with Crippen LogP contribution in [0.5, 0.6) is 0 Å².